The van der Waals surface area contributed by atoms with Gasteiger partial charge in [0.2, 0.25) is 5.13 Å². The number of hydrogen-bond donors (Lipinski definition) is 4. The second kappa shape index (κ2) is 11.0. The molecule has 0 atom stereocenters. The number of anilines is 1. The van der Waals surface area contributed by atoms with Crippen LogP contribution < -0.4 is 22.7 Å². The van der Waals surface area contributed by atoms with Crippen molar-refractivity contribution in [1.82, 2.24) is 15.6 Å². The van der Waals surface area contributed by atoms with E-state index in [9.17, 15) is 16.8 Å². The highest BCUT2D eigenvalue weighted by Gasteiger charge is 2.08. The van der Waals surface area contributed by atoms with E-state index in [2.05, 4.69) is 28.3 Å². The van der Waals surface area contributed by atoms with Gasteiger partial charge in [-0.1, -0.05) is 11.3 Å². The predicted molar refractivity (Wildman–Crippen MR) is 92.3 cm³/mol. The molecule has 0 aliphatic rings. The maximum atomic E-state index is 10.7. The van der Waals surface area contributed by atoms with Crippen LogP contribution in [0.5, 0.6) is 0 Å². The smallest absolute Gasteiger partial charge is 0.203 e. The lowest BCUT2D eigenvalue weighted by Crippen LogP contribution is -2.34. The Morgan fingerprint density at radius 1 is 1.30 bits per heavy atom. The third-order valence-electron chi connectivity index (χ3n) is 1.34. The average Bonchev–Trinajstić information content (AvgIpc) is 2.72. The molecule has 15 heteroatoms. The van der Waals surface area contributed by atoms with E-state index in [4.69, 9.17) is 16.7 Å². The molecule has 1 rings (SSSR count). The van der Waals surface area contributed by atoms with Gasteiger partial charge in [-0.25, -0.2) is 22.7 Å². The minimum absolute atomic E-state index is 0.0815. The van der Waals surface area contributed by atoms with Crippen LogP contribution in [0.1, 0.15) is 5.01 Å². The number of rotatable bonds is 3. The largest absolute Gasteiger partial charge is 0.375 e. The SMILES string of the molecule is CS(=O)(=O)CC#N.CS(=O)(=O)Cc1nnc(N)s1.NNC(N)=S. The van der Waals surface area contributed by atoms with E-state index < -0.39 is 19.7 Å². The third kappa shape index (κ3) is 20.4. The first-order valence-electron chi connectivity index (χ1n) is 5.37. The van der Waals surface area contributed by atoms with E-state index in [1.807, 2.05) is 5.43 Å². The van der Waals surface area contributed by atoms with E-state index in [-0.39, 0.29) is 16.6 Å². The van der Waals surface area contributed by atoms with E-state index >= 15 is 0 Å². The molecule has 0 aliphatic heterocycles. The number of nitriles is 1. The van der Waals surface area contributed by atoms with Crippen molar-refractivity contribution in [3.8, 4) is 6.07 Å². The van der Waals surface area contributed by atoms with Crippen LogP contribution >= 0.6 is 23.6 Å². The second-order valence-corrected chi connectivity index (χ2v) is 9.65. The average molecular weight is 404 g/mol. The van der Waals surface area contributed by atoms with Crippen molar-refractivity contribution in [2.45, 2.75) is 5.75 Å². The van der Waals surface area contributed by atoms with Crippen LogP contribution in [0.25, 0.3) is 0 Å². The number of hydrazine groups is 1. The fraction of sp³-hybridized carbons (Fsp3) is 0.500. The Morgan fingerprint density at radius 3 is 1.96 bits per heavy atom. The van der Waals surface area contributed by atoms with Gasteiger partial charge in [0.15, 0.2) is 24.8 Å². The zero-order valence-corrected chi connectivity index (χ0v) is 15.5. The van der Waals surface area contributed by atoms with E-state index in [0.29, 0.717) is 10.1 Å². The fourth-order valence-electron chi connectivity index (χ4n) is 0.666. The van der Waals surface area contributed by atoms with Crippen LogP contribution in [0, 0.1) is 11.3 Å². The van der Waals surface area contributed by atoms with Crippen molar-refractivity contribution in [2.24, 2.45) is 11.6 Å². The molecule has 0 aromatic carbocycles. The lowest BCUT2D eigenvalue weighted by molar-refractivity contribution is 0.600. The Morgan fingerprint density at radius 2 is 1.78 bits per heavy atom. The van der Waals surface area contributed by atoms with Gasteiger partial charge >= 0.3 is 0 Å². The van der Waals surface area contributed by atoms with Gasteiger partial charge in [-0.05, 0) is 12.2 Å². The Hall–Kier alpha value is -1.60. The molecule has 0 fully saturated rings. The molecule has 1 aromatic heterocycles. The minimum atomic E-state index is -3.04. The van der Waals surface area contributed by atoms with Crippen LogP contribution in [0.4, 0.5) is 5.13 Å². The predicted octanol–water partition coefficient (Wildman–Crippen LogP) is -2.09. The molecular formula is C8H17N7O4S4. The van der Waals surface area contributed by atoms with Gasteiger partial charge in [0.1, 0.15) is 16.5 Å². The van der Waals surface area contributed by atoms with Crippen molar-refractivity contribution in [2.75, 3.05) is 24.0 Å². The van der Waals surface area contributed by atoms with Gasteiger partial charge in [-0.2, -0.15) is 5.26 Å². The molecule has 23 heavy (non-hydrogen) atoms. The molecule has 1 heterocycles. The Balaban J connectivity index is 0. The Labute approximate surface area is 143 Å². The van der Waals surface area contributed by atoms with Crippen molar-refractivity contribution in [3.63, 3.8) is 0 Å². The van der Waals surface area contributed by atoms with Crippen LogP contribution in [-0.4, -0.2) is 50.4 Å². The van der Waals surface area contributed by atoms with E-state index in [1.165, 1.54) is 6.07 Å². The van der Waals surface area contributed by atoms with Crippen LogP contribution in [-0.2, 0) is 25.4 Å². The summed E-state index contributed by atoms with van der Waals surface area (Å²) in [5, 5.41) is 15.7. The third-order valence-corrected chi connectivity index (χ3v) is 3.84. The van der Waals surface area contributed by atoms with Crippen LogP contribution in [0.15, 0.2) is 0 Å². The summed E-state index contributed by atoms with van der Waals surface area (Å²) in [4.78, 5) is 0. The number of nitrogens with one attached hydrogen (secondary N) is 1. The lowest BCUT2D eigenvalue weighted by Gasteiger charge is -1.88. The quantitative estimate of drug-likeness (QED) is 0.243. The molecule has 0 saturated carbocycles. The zero-order chi connectivity index (χ0) is 18.7. The van der Waals surface area contributed by atoms with Gasteiger partial charge in [-0.3, -0.25) is 0 Å². The molecule has 0 spiro atoms. The Bertz CT molecular complexity index is 735. The number of thiocarbonyl (C=S) groups is 1. The first kappa shape index (κ1) is 23.7. The maximum Gasteiger partial charge on any atom is 0.203 e. The maximum absolute atomic E-state index is 10.7. The van der Waals surface area contributed by atoms with Gasteiger partial charge in [0, 0.05) is 12.5 Å². The van der Waals surface area contributed by atoms with Gasteiger partial charge in [0.25, 0.3) is 0 Å². The fourth-order valence-corrected chi connectivity index (χ4v) is 2.69. The normalized spacial score (nSPS) is 10.2. The minimum Gasteiger partial charge on any atom is -0.375 e. The van der Waals surface area contributed by atoms with Crippen molar-refractivity contribution < 1.29 is 16.8 Å². The first-order valence-corrected chi connectivity index (χ1v) is 10.7. The molecule has 1 aromatic rings. The summed E-state index contributed by atoms with van der Waals surface area (Å²) in [5.74, 6) is 4.19. The number of hydrogen-bond acceptors (Lipinski definition) is 11. The number of nitrogens with zero attached hydrogens (tertiary/aromatic N) is 3. The molecule has 0 radical (unpaired) electrons. The molecule has 0 aliphatic carbocycles. The summed E-state index contributed by atoms with van der Waals surface area (Å²) in [7, 11) is -6.05. The number of nitrogens with two attached hydrogens (primary N) is 3. The summed E-state index contributed by atoms with van der Waals surface area (Å²) in [5.41, 5.74) is 12.1. The number of aromatic nitrogens is 2. The summed E-state index contributed by atoms with van der Waals surface area (Å²) in [6, 6.07) is 1.52. The monoisotopic (exact) mass is 403 g/mol. The molecule has 0 saturated heterocycles. The van der Waals surface area contributed by atoms with Crippen molar-refractivity contribution in [1.29, 1.82) is 5.26 Å². The standard InChI is InChI=1S/C4H7N3O2S2.C3H5NO2S.CH5N3S/c1-11(8,9)2-3-6-7-4(5)10-3;1-7(5,6)3-2-4;2-1(5)4-3/h2H2,1H3,(H2,5,7);3H2,1H3;3H2,(H3,2,4,5). The van der Waals surface area contributed by atoms with Crippen LogP contribution in [0.3, 0.4) is 0 Å². The lowest BCUT2D eigenvalue weighted by atomic mass is 10.9. The van der Waals surface area contributed by atoms with Crippen molar-refractivity contribution >= 4 is 53.5 Å². The first-order chi connectivity index (χ1) is 10.3. The van der Waals surface area contributed by atoms with E-state index in [0.717, 1.165) is 23.8 Å². The van der Waals surface area contributed by atoms with Gasteiger partial charge < -0.3 is 16.9 Å². The van der Waals surface area contributed by atoms with Crippen molar-refractivity contribution in [3.05, 3.63) is 5.01 Å². The highest BCUT2D eigenvalue weighted by Crippen LogP contribution is 2.12. The molecule has 132 valence electrons. The summed E-state index contributed by atoms with van der Waals surface area (Å²) in [6.07, 6.45) is 2.17. The highest BCUT2D eigenvalue weighted by molar-refractivity contribution is 7.90. The summed E-state index contributed by atoms with van der Waals surface area (Å²) < 4.78 is 41.4. The summed E-state index contributed by atoms with van der Waals surface area (Å²) in [6.45, 7) is 0. The topological polar surface area (TPSA) is 208 Å². The molecule has 11 nitrogen and oxygen atoms in total. The second-order valence-electron chi connectivity index (χ2n) is 3.84. The molecule has 0 bridgehead atoms. The zero-order valence-electron chi connectivity index (χ0n) is 12.3. The van der Waals surface area contributed by atoms with Gasteiger partial charge in [-0.15, -0.1) is 10.2 Å². The molecule has 7 N–H and O–H groups in total. The molecular weight excluding hydrogens is 386 g/mol. The summed E-state index contributed by atoms with van der Waals surface area (Å²) >= 11 is 5.33. The highest BCUT2D eigenvalue weighted by atomic mass is 32.2. The molecule has 0 amide bonds. The van der Waals surface area contributed by atoms with E-state index in [1.54, 1.807) is 0 Å². The number of sulfone groups is 2. The Kier molecular flexibility index (Phi) is 11.3. The van der Waals surface area contributed by atoms with Gasteiger partial charge in [0.05, 0.1) is 6.07 Å². The molecule has 0 unspecified atom stereocenters. The number of nitrogen functional groups attached to an aromatic ring is 1. The van der Waals surface area contributed by atoms with Crippen LogP contribution in [0.2, 0.25) is 0 Å².